The zero-order valence-electron chi connectivity index (χ0n) is 13.1. The SMILES string of the molecule is Cn1cc(/C=N/Nc2ccnc3cc(Cl)ccc23)c2ccccc21. The third kappa shape index (κ3) is 2.61. The van der Waals surface area contributed by atoms with Crippen LogP contribution in [0, 0.1) is 0 Å². The predicted molar refractivity (Wildman–Crippen MR) is 101 cm³/mol. The number of rotatable bonds is 3. The van der Waals surface area contributed by atoms with Gasteiger partial charge in [-0.05, 0) is 30.3 Å². The molecule has 0 amide bonds. The number of para-hydroxylation sites is 1. The van der Waals surface area contributed by atoms with E-state index in [1.807, 2.05) is 49.7 Å². The highest BCUT2D eigenvalue weighted by molar-refractivity contribution is 6.31. The molecule has 2 aromatic carbocycles. The number of hydrogen-bond acceptors (Lipinski definition) is 3. The molecule has 0 aliphatic rings. The fourth-order valence-electron chi connectivity index (χ4n) is 2.87. The van der Waals surface area contributed by atoms with E-state index >= 15 is 0 Å². The maximum atomic E-state index is 6.02. The maximum absolute atomic E-state index is 6.02. The van der Waals surface area contributed by atoms with Gasteiger partial charge in [-0.3, -0.25) is 10.4 Å². The van der Waals surface area contributed by atoms with E-state index in [0.29, 0.717) is 5.02 Å². The molecule has 0 spiro atoms. The van der Waals surface area contributed by atoms with Crippen molar-refractivity contribution in [2.45, 2.75) is 0 Å². The summed E-state index contributed by atoms with van der Waals surface area (Å²) in [6.07, 6.45) is 5.65. The molecule has 2 heterocycles. The van der Waals surface area contributed by atoms with Crippen molar-refractivity contribution in [1.29, 1.82) is 0 Å². The van der Waals surface area contributed by atoms with E-state index in [1.54, 1.807) is 6.20 Å². The van der Waals surface area contributed by atoms with Gasteiger partial charge in [-0.15, -0.1) is 0 Å². The molecular formula is C19H15ClN4. The van der Waals surface area contributed by atoms with E-state index < -0.39 is 0 Å². The number of pyridine rings is 1. The van der Waals surface area contributed by atoms with Crippen LogP contribution in [0.2, 0.25) is 5.02 Å². The minimum absolute atomic E-state index is 0.673. The van der Waals surface area contributed by atoms with Gasteiger partial charge in [0.25, 0.3) is 0 Å². The Morgan fingerprint density at radius 3 is 2.92 bits per heavy atom. The lowest BCUT2D eigenvalue weighted by Crippen LogP contribution is -1.92. The van der Waals surface area contributed by atoms with Crippen molar-refractivity contribution in [2.75, 3.05) is 5.43 Å². The summed E-state index contributed by atoms with van der Waals surface area (Å²) in [4.78, 5) is 4.33. The zero-order chi connectivity index (χ0) is 16.5. The van der Waals surface area contributed by atoms with Gasteiger partial charge < -0.3 is 4.57 Å². The summed E-state index contributed by atoms with van der Waals surface area (Å²) in [7, 11) is 2.03. The molecule has 4 aromatic rings. The maximum Gasteiger partial charge on any atom is 0.0738 e. The predicted octanol–water partition coefficient (Wildman–Crippen LogP) is 4.83. The van der Waals surface area contributed by atoms with Gasteiger partial charge in [-0.2, -0.15) is 5.10 Å². The molecule has 5 heteroatoms. The van der Waals surface area contributed by atoms with Crippen LogP contribution < -0.4 is 5.43 Å². The second kappa shape index (κ2) is 5.98. The molecule has 0 atom stereocenters. The molecule has 0 bridgehead atoms. The fraction of sp³-hybridized carbons (Fsp3) is 0.0526. The molecule has 0 aliphatic carbocycles. The van der Waals surface area contributed by atoms with E-state index in [1.165, 1.54) is 10.9 Å². The summed E-state index contributed by atoms with van der Waals surface area (Å²) < 4.78 is 2.10. The lowest BCUT2D eigenvalue weighted by Gasteiger charge is -2.05. The number of halogens is 1. The highest BCUT2D eigenvalue weighted by atomic mass is 35.5. The molecule has 2 aromatic heterocycles. The van der Waals surface area contributed by atoms with E-state index in [4.69, 9.17) is 11.6 Å². The molecule has 24 heavy (non-hydrogen) atoms. The minimum Gasteiger partial charge on any atom is -0.350 e. The Morgan fingerprint density at radius 2 is 2.00 bits per heavy atom. The average molecular weight is 335 g/mol. The molecule has 0 saturated heterocycles. The summed E-state index contributed by atoms with van der Waals surface area (Å²) in [5, 5.41) is 7.23. The smallest absolute Gasteiger partial charge is 0.0738 e. The Labute approximate surface area is 144 Å². The molecule has 4 nitrogen and oxygen atoms in total. The summed E-state index contributed by atoms with van der Waals surface area (Å²) in [5.74, 6) is 0. The van der Waals surface area contributed by atoms with Crippen LogP contribution >= 0.6 is 11.6 Å². The summed E-state index contributed by atoms with van der Waals surface area (Å²) in [6, 6.07) is 15.8. The topological polar surface area (TPSA) is 42.2 Å². The van der Waals surface area contributed by atoms with E-state index in [9.17, 15) is 0 Å². The quantitative estimate of drug-likeness (QED) is 0.431. The van der Waals surface area contributed by atoms with Gasteiger partial charge in [-0.25, -0.2) is 0 Å². The number of aryl methyl sites for hydroxylation is 1. The number of fused-ring (bicyclic) bond motifs is 2. The number of benzene rings is 2. The Bertz CT molecular complexity index is 1070. The third-order valence-corrected chi connectivity index (χ3v) is 4.26. The molecule has 0 aliphatic heterocycles. The highest BCUT2D eigenvalue weighted by Crippen LogP contribution is 2.24. The summed E-state index contributed by atoms with van der Waals surface area (Å²) in [6.45, 7) is 0. The molecular weight excluding hydrogens is 320 g/mol. The number of hydrazone groups is 1. The number of nitrogens with one attached hydrogen (secondary N) is 1. The highest BCUT2D eigenvalue weighted by Gasteiger charge is 2.04. The van der Waals surface area contributed by atoms with Crippen molar-refractivity contribution in [2.24, 2.45) is 12.1 Å². The largest absolute Gasteiger partial charge is 0.350 e. The first-order valence-corrected chi connectivity index (χ1v) is 7.97. The van der Waals surface area contributed by atoms with Crippen molar-refractivity contribution in [1.82, 2.24) is 9.55 Å². The Morgan fingerprint density at radius 1 is 1.12 bits per heavy atom. The lowest BCUT2D eigenvalue weighted by atomic mass is 10.2. The van der Waals surface area contributed by atoms with Gasteiger partial charge in [0.05, 0.1) is 17.4 Å². The van der Waals surface area contributed by atoms with Crippen LogP contribution in [0.3, 0.4) is 0 Å². The number of anilines is 1. The van der Waals surface area contributed by atoms with Crippen LogP contribution in [0.1, 0.15) is 5.56 Å². The first kappa shape index (κ1) is 14.7. The van der Waals surface area contributed by atoms with Gasteiger partial charge in [0.1, 0.15) is 0 Å². The van der Waals surface area contributed by atoms with Crippen molar-refractivity contribution in [3.05, 3.63) is 71.5 Å². The standard InChI is InChI=1S/C19H15ClN4/c1-24-12-13(15-4-2-3-5-19(15)24)11-22-23-17-8-9-21-18-10-14(20)6-7-16(17)18/h2-12H,1H3,(H,21,23)/b22-11+. The first-order chi connectivity index (χ1) is 11.7. The normalized spacial score (nSPS) is 11.6. The number of nitrogens with zero attached hydrogens (tertiary/aromatic N) is 3. The molecule has 0 saturated carbocycles. The fourth-order valence-corrected chi connectivity index (χ4v) is 3.03. The monoisotopic (exact) mass is 334 g/mol. The van der Waals surface area contributed by atoms with Crippen molar-refractivity contribution in [3.8, 4) is 0 Å². The number of aromatic nitrogens is 2. The lowest BCUT2D eigenvalue weighted by molar-refractivity contribution is 0.968. The Hall–Kier alpha value is -2.85. The van der Waals surface area contributed by atoms with Crippen LogP contribution in [-0.2, 0) is 7.05 Å². The average Bonchev–Trinajstić information content (AvgIpc) is 2.91. The van der Waals surface area contributed by atoms with E-state index in [2.05, 4.69) is 38.4 Å². The first-order valence-electron chi connectivity index (χ1n) is 7.60. The van der Waals surface area contributed by atoms with E-state index in [0.717, 1.165) is 22.2 Å². The van der Waals surface area contributed by atoms with Crippen LogP contribution in [0.25, 0.3) is 21.8 Å². The Balaban J connectivity index is 1.66. The molecule has 0 unspecified atom stereocenters. The number of hydrogen-bond donors (Lipinski definition) is 1. The zero-order valence-corrected chi connectivity index (χ0v) is 13.8. The van der Waals surface area contributed by atoms with E-state index in [-0.39, 0.29) is 0 Å². The second-order valence-electron chi connectivity index (χ2n) is 5.60. The summed E-state index contributed by atoms with van der Waals surface area (Å²) in [5.41, 5.74) is 7.10. The second-order valence-corrected chi connectivity index (χ2v) is 6.04. The Kier molecular flexibility index (Phi) is 3.67. The van der Waals surface area contributed by atoms with Gasteiger partial charge in [0.15, 0.2) is 0 Å². The van der Waals surface area contributed by atoms with Crippen LogP contribution in [-0.4, -0.2) is 15.8 Å². The van der Waals surface area contributed by atoms with Gasteiger partial charge in [0, 0.05) is 46.3 Å². The minimum atomic E-state index is 0.673. The van der Waals surface area contributed by atoms with Gasteiger partial charge in [-0.1, -0.05) is 29.8 Å². The van der Waals surface area contributed by atoms with Gasteiger partial charge in [0.2, 0.25) is 0 Å². The van der Waals surface area contributed by atoms with Crippen molar-refractivity contribution >= 4 is 45.3 Å². The van der Waals surface area contributed by atoms with Crippen molar-refractivity contribution < 1.29 is 0 Å². The molecule has 1 N–H and O–H groups in total. The van der Waals surface area contributed by atoms with Gasteiger partial charge >= 0.3 is 0 Å². The molecule has 0 radical (unpaired) electrons. The van der Waals surface area contributed by atoms with Crippen LogP contribution in [0.5, 0.6) is 0 Å². The van der Waals surface area contributed by atoms with Crippen LogP contribution in [0.4, 0.5) is 5.69 Å². The molecule has 0 fully saturated rings. The van der Waals surface area contributed by atoms with Crippen LogP contribution in [0.15, 0.2) is 66.0 Å². The van der Waals surface area contributed by atoms with Crippen molar-refractivity contribution in [3.63, 3.8) is 0 Å². The molecule has 118 valence electrons. The summed E-state index contributed by atoms with van der Waals surface area (Å²) >= 11 is 6.02. The molecule has 4 rings (SSSR count). The third-order valence-electron chi connectivity index (χ3n) is 4.02.